The van der Waals surface area contributed by atoms with E-state index in [4.69, 9.17) is 0 Å². The van der Waals surface area contributed by atoms with Crippen LogP contribution in [0.25, 0.3) is 0 Å². The summed E-state index contributed by atoms with van der Waals surface area (Å²) in [6.07, 6.45) is 5.67. The second kappa shape index (κ2) is 4.74. The van der Waals surface area contributed by atoms with Crippen LogP contribution in [0.1, 0.15) is 5.01 Å². The molecular formula is C11H11N3O2S2. The van der Waals surface area contributed by atoms with E-state index in [1.165, 1.54) is 11.3 Å². The summed E-state index contributed by atoms with van der Waals surface area (Å²) in [5.74, 6) is 0.710. The first-order chi connectivity index (χ1) is 8.75. The molecule has 1 saturated heterocycles. The summed E-state index contributed by atoms with van der Waals surface area (Å²) in [7, 11) is 0. The zero-order chi connectivity index (χ0) is 12.5. The number of rotatable bonds is 3. The lowest BCUT2D eigenvalue weighted by atomic mass is 10.1. The van der Waals surface area contributed by atoms with E-state index in [0.29, 0.717) is 0 Å². The lowest BCUT2D eigenvalue weighted by Crippen LogP contribution is -2.68. The molecule has 1 unspecified atom stereocenters. The summed E-state index contributed by atoms with van der Waals surface area (Å²) in [5, 5.41) is 5.45. The van der Waals surface area contributed by atoms with Crippen molar-refractivity contribution in [3.05, 3.63) is 28.9 Å². The molecule has 1 N–H and O–H groups in total. The van der Waals surface area contributed by atoms with E-state index >= 15 is 0 Å². The molecule has 0 aromatic carbocycles. The van der Waals surface area contributed by atoms with Gasteiger partial charge in [0, 0.05) is 23.5 Å². The molecule has 2 aliphatic rings. The van der Waals surface area contributed by atoms with Crippen LogP contribution in [-0.4, -0.2) is 38.9 Å². The van der Waals surface area contributed by atoms with Crippen molar-refractivity contribution in [1.82, 2.24) is 15.2 Å². The van der Waals surface area contributed by atoms with Crippen LogP contribution in [-0.2, 0) is 16.0 Å². The van der Waals surface area contributed by atoms with E-state index in [1.54, 1.807) is 29.1 Å². The number of hydrogen-bond donors (Lipinski definition) is 1. The molecule has 0 radical (unpaired) electrons. The largest absolute Gasteiger partial charge is 0.341 e. The minimum atomic E-state index is -0.382. The molecule has 18 heavy (non-hydrogen) atoms. The number of aromatic nitrogens is 1. The SMILES string of the molecule is O=C(Cc1nccs1)NC1C(=O)N2C=CCS[C@H]12. The van der Waals surface area contributed by atoms with Gasteiger partial charge in [0.25, 0.3) is 5.91 Å². The first kappa shape index (κ1) is 11.7. The number of thioether (sulfide) groups is 1. The van der Waals surface area contributed by atoms with Crippen molar-refractivity contribution in [1.29, 1.82) is 0 Å². The van der Waals surface area contributed by atoms with Gasteiger partial charge in [-0.15, -0.1) is 23.1 Å². The lowest BCUT2D eigenvalue weighted by Gasteiger charge is -2.46. The normalized spacial score (nSPS) is 25.6. The van der Waals surface area contributed by atoms with Gasteiger partial charge in [-0.25, -0.2) is 4.98 Å². The Morgan fingerprint density at radius 3 is 3.28 bits per heavy atom. The number of nitrogens with one attached hydrogen (secondary N) is 1. The molecule has 0 aliphatic carbocycles. The Morgan fingerprint density at radius 2 is 2.50 bits per heavy atom. The van der Waals surface area contributed by atoms with E-state index in [-0.39, 0.29) is 29.7 Å². The first-order valence-corrected chi connectivity index (χ1v) is 7.47. The highest BCUT2D eigenvalue weighted by Crippen LogP contribution is 2.33. The third-order valence-electron chi connectivity index (χ3n) is 2.82. The van der Waals surface area contributed by atoms with Crippen molar-refractivity contribution in [2.24, 2.45) is 0 Å². The maximum atomic E-state index is 11.8. The Hall–Kier alpha value is -1.34. The second-order valence-electron chi connectivity index (χ2n) is 4.00. The topological polar surface area (TPSA) is 62.3 Å². The lowest BCUT2D eigenvalue weighted by molar-refractivity contribution is -0.144. The van der Waals surface area contributed by atoms with E-state index in [0.717, 1.165) is 10.8 Å². The summed E-state index contributed by atoms with van der Waals surface area (Å²) in [5.41, 5.74) is 0. The minimum Gasteiger partial charge on any atom is -0.341 e. The molecule has 2 atom stereocenters. The molecule has 7 heteroatoms. The van der Waals surface area contributed by atoms with Crippen LogP contribution >= 0.6 is 23.1 Å². The summed E-state index contributed by atoms with van der Waals surface area (Å²) >= 11 is 3.11. The third kappa shape index (κ3) is 2.04. The van der Waals surface area contributed by atoms with Crippen LogP contribution in [0.15, 0.2) is 23.9 Å². The van der Waals surface area contributed by atoms with Gasteiger partial charge in [0.15, 0.2) is 0 Å². The Kier molecular flexibility index (Phi) is 3.09. The first-order valence-electron chi connectivity index (χ1n) is 5.54. The van der Waals surface area contributed by atoms with Gasteiger partial charge in [-0.05, 0) is 0 Å². The fraction of sp³-hybridized carbons (Fsp3) is 0.364. The number of hydrogen-bond acceptors (Lipinski definition) is 5. The summed E-state index contributed by atoms with van der Waals surface area (Å²) in [4.78, 5) is 29.3. The maximum Gasteiger partial charge on any atom is 0.253 e. The zero-order valence-electron chi connectivity index (χ0n) is 9.41. The van der Waals surface area contributed by atoms with Crippen LogP contribution in [0.4, 0.5) is 0 Å². The fourth-order valence-corrected chi connectivity index (χ4v) is 3.69. The number of nitrogens with zero attached hydrogens (tertiary/aromatic N) is 2. The molecule has 5 nitrogen and oxygen atoms in total. The number of thiazole rings is 1. The highest BCUT2D eigenvalue weighted by atomic mass is 32.2. The van der Waals surface area contributed by atoms with Crippen LogP contribution in [0.2, 0.25) is 0 Å². The number of fused-ring (bicyclic) bond motifs is 1. The highest BCUT2D eigenvalue weighted by Gasteiger charge is 2.48. The Balaban J connectivity index is 1.59. The summed E-state index contributed by atoms with van der Waals surface area (Å²) in [6.45, 7) is 0. The van der Waals surface area contributed by atoms with Gasteiger partial charge in [0.1, 0.15) is 16.4 Å². The predicted molar refractivity (Wildman–Crippen MR) is 70.0 cm³/mol. The molecule has 2 aliphatic heterocycles. The van der Waals surface area contributed by atoms with Gasteiger partial charge < -0.3 is 10.2 Å². The molecule has 1 aromatic heterocycles. The van der Waals surface area contributed by atoms with Crippen LogP contribution < -0.4 is 5.32 Å². The Bertz CT molecular complexity index is 500. The van der Waals surface area contributed by atoms with Crippen molar-refractivity contribution in [3.8, 4) is 0 Å². The molecular weight excluding hydrogens is 270 g/mol. The molecule has 0 saturated carbocycles. The minimum absolute atomic E-state index is 0.0315. The van der Waals surface area contributed by atoms with Gasteiger partial charge in [-0.3, -0.25) is 9.59 Å². The number of amides is 2. The average Bonchev–Trinajstić information content (AvgIpc) is 2.88. The number of carbonyl (C=O) groups excluding carboxylic acids is 2. The van der Waals surface area contributed by atoms with E-state index in [9.17, 15) is 9.59 Å². The van der Waals surface area contributed by atoms with Crippen LogP contribution in [0, 0.1) is 0 Å². The van der Waals surface area contributed by atoms with Gasteiger partial charge in [0.2, 0.25) is 5.91 Å². The van der Waals surface area contributed by atoms with Crippen molar-refractivity contribution in [2.45, 2.75) is 17.8 Å². The van der Waals surface area contributed by atoms with Crippen molar-refractivity contribution in [3.63, 3.8) is 0 Å². The van der Waals surface area contributed by atoms with Gasteiger partial charge >= 0.3 is 0 Å². The van der Waals surface area contributed by atoms with E-state index < -0.39 is 0 Å². The van der Waals surface area contributed by atoms with E-state index in [1.807, 2.05) is 11.5 Å². The molecule has 0 bridgehead atoms. The number of carbonyl (C=O) groups is 2. The summed E-state index contributed by atoms with van der Waals surface area (Å²) in [6, 6.07) is -0.382. The Morgan fingerprint density at radius 1 is 1.61 bits per heavy atom. The van der Waals surface area contributed by atoms with Crippen molar-refractivity contribution in [2.75, 3.05) is 5.75 Å². The maximum absolute atomic E-state index is 11.8. The molecule has 1 fully saturated rings. The Labute approximate surface area is 112 Å². The molecule has 0 spiro atoms. The average molecular weight is 281 g/mol. The monoisotopic (exact) mass is 281 g/mol. The number of β-lactam (4-membered cyclic amide) rings is 1. The molecule has 3 rings (SSSR count). The van der Waals surface area contributed by atoms with E-state index in [2.05, 4.69) is 10.3 Å². The van der Waals surface area contributed by atoms with Gasteiger partial charge in [-0.1, -0.05) is 6.08 Å². The quantitative estimate of drug-likeness (QED) is 0.824. The van der Waals surface area contributed by atoms with Crippen LogP contribution in [0.5, 0.6) is 0 Å². The fourth-order valence-electron chi connectivity index (χ4n) is 1.97. The molecule has 2 amide bonds. The second-order valence-corrected chi connectivity index (χ2v) is 6.13. The van der Waals surface area contributed by atoms with Gasteiger partial charge in [0.05, 0.1) is 6.42 Å². The molecule has 94 valence electrons. The third-order valence-corrected chi connectivity index (χ3v) is 4.83. The zero-order valence-corrected chi connectivity index (χ0v) is 11.0. The van der Waals surface area contributed by atoms with Crippen molar-refractivity contribution >= 4 is 34.9 Å². The van der Waals surface area contributed by atoms with Gasteiger partial charge in [-0.2, -0.15) is 0 Å². The standard InChI is InChI=1S/C11H11N3O2S2/c15-7(6-8-12-2-5-17-8)13-9-10(16)14-3-1-4-18-11(9)14/h1-3,5,9,11H,4,6H2,(H,13,15)/t9?,11-/m1/s1. The molecule has 1 aromatic rings. The molecule has 3 heterocycles. The smallest absolute Gasteiger partial charge is 0.253 e. The predicted octanol–water partition coefficient (Wildman–Crippen LogP) is 0.599. The van der Waals surface area contributed by atoms with Crippen molar-refractivity contribution < 1.29 is 9.59 Å². The highest BCUT2D eigenvalue weighted by molar-refractivity contribution is 8.00. The summed E-state index contributed by atoms with van der Waals surface area (Å²) < 4.78 is 0. The van der Waals surface area contributed by atoms with Crippen LogP contribution in [0.3, 0.4) is 0 Å².